The van der Waals surface area contributed by atoms with Crippen LogP contribution in [-0.4, -0.2) is 17.4 Å². The predicted molar refractivity (Wildman–Crippen MR) is 105 cm³/mol. The molecule has 0 aliphatic carbocycles. The molecule has 0 unspecified atom stereocenters. The number of fused-ring (bicyclic) bond motifs is 1. The Bertz CT molecular complexity index is 953. The number of aromatic amines is 1. The van der Waals surface area contributed by atoms with Crippen molar-refractivity contribution in [2.24, 2.45) is 5.73 Å². The van der Waals surface area contributed by atoms with Gasteiger partial charge in [-0.05, 0) is 48.2 Å². The molecule has 4 nitrogen and oxygen atoms in total. The van der Waals surface area contributed by atoms with Crippen molar-refractivity contribution >= 4 is 22.5 Å². The third-order valence-corrected chi connectivity index (χ3v) is 4.64. The molecule has 0 aliphatic heterocycles. The zero-order chi connectivity index (χ0) is 18.0. The van der Waals surface area contributed by atoms with Gasteiger partial charge in [0.15, 0.2) is 0 Å². The molecule has 0 aliphatic rings. The Kier molecular flexibility index (Phi) is 4.61. The van der Waals surface area contributed by atoms with E-state index in [0.717, 1.165) is 40.7 Å². The van der Waals surface area contributed by atoms with Crippen molar-refractivity contribution in [2.45, 2.75) is 20.3 Å². The summed E-state index contributed by atoms with van der Waals surface area (Å²) >= 11 is 0. The van der Waals surface area contributed by atoms with Crippen LogP contribution in [0.2, 0.25) is 0 Å². The van der Waals surface area contributed by atoms with Crippen molar-refractivity contribution in [3.05, 3.63) is 65.9 Å². The van der Waals surface area contributed by atoms with Gasteiger partial charge in [0.25, 0.3) is 5.91 Å². The maximum absolute atomic E-state index is 11.6. The Hall–Kier alpha value is -3.01. The number of hydrogen-bond donors (Lipinski definition) is 3. The smallest absolute Gasteiger partial charge is 0.250 e. The maximum atomic E-state index is 11.6. The lowest BCUT2D eigenvalue weighted by atomic mass is 9.94. The lowest BCUT2D eigenvalue weighted by Crippen LogP contribution is -2.11. The van der Waals surface area contributed by atoms with E-state index in [0.29, 0.717) is 5.56 Å². The highest BCUT2D eigenvalue weighted by Gasteiger charge is 2.14. The van der Waals surface area contributed by atoms with Crippen LogP contribution >= 0.6 is 0 Å². The Balaban J connectivity index is 2.07. The van der Waals surface area contributed by atoms with Crippen LogP contribution in [0.4, 0.5) is 5.69 Å². The summed E-state index contributed by atoms with van der Waals surface area (Å²) in [7, 11) is 0. The van der Waals surface area contributed by atoms with Gasteiger partial charge >= 0.3 is 0 Å². The van der Waals surface area contributed by atoms with Crippen LogP contribution in [0.5, 0.6) is 0 Å². The minimum atomic E-state index is -0.427. The van der Waals surface area contributed by atoms with E-state index in [-0.39, 0.29) is 0 Å². The van der Waals surface area contributed by atoms with Crippen molar-refractivity contribution < 1.29 is 4.79 Å². The monoisotopic (exact) mass is 333 g/mol. The van der Waals surface area contributed by atoms with E-state index in [1.807, 2.05) is 24.4 Å². The van der Waals surface area contributed by atoms with Crippen LogP contribution in [0.1, 0.15) is 29.3 Å². The molecule has 3 rings (SSSR count). The minimum Gasteiger partial charge on any atom is -0.381 e. The number of rotatable bonds is 6. The van der Waals surface area contributed by atoms with Gasteiger partial charge < -0.3 is 16.0 Å². The Morgan fingerprint density at radius 3 is 2.72 bits per heavy atom. The number of benzene rings is 2. The second-order valence-corrected chi connectivity index (χ2v) is 6.23. The molecule has 4 heteroatoms. The van der Waals surface area contributed by atoms with Gasteiger partial charge in [0, 0.05) is 23.8 Å². The first-order valence-corrected chi connectivity index (χ1v) is 8.43. The molecule has 3 aromatic rings. The van der Waals surface area contributed by atoms with E-state index >= 15 is 0 Å². The zero-order valence-corrected chi connectivity index (χ0v) is 14.6. The number of nitrogens with two attached hydrogens (primary N) is 1. The summed E-state index contributed by atoms with van der Waals surface area (Å²) in [6.07, 6.45) is 2.80. The average molecular weight is 333 g/mol. The number of primary amides is 1. The summed E-state index contributed by atoms with van der Waals surface area (Å²) in [5, 5.41) is 4.46. The number of aromatic nitrogens is 1. The van der Waals surface area contributed by atoms with Crippen LogP contribution in [0.15, 0.2) is 54.7 Å². The van der Waals surface area contributed by atoms with Gasteiger partial charge in [-0.2, -0.15) is 0 Å². The largest absolute Gasteiger partial charge is 0.381 e. The SMILES string of the molecule is C=C(CC)CNc1cccc(-c2ccc(C(N)=O)c3[nH]ccc23)c1C. The van der Waals surface area contributed by atoms with Gasteiger partial charge in [0.1, 0.15) is 0 Å². The fraction of sp³-hybridized carbons (Fsp3) is 0.190. The highest BCUT2D eigenvalue weighted by molar-refractivity contribution is 6.09. The number of amides is 1. The molecule has 0 saturated heterocycles. The van der Waals surface area contributed by atoms with Gasteiger partial charge in [-0.15, -0.1) is 0 Å². The van der Waals surface area contributed by atoms with E-state index in [2.05, 4.69) is 42.9 Å². The molecule has 1 aromatic heterocycles. The lowest BCUT2D eigenvalue weighted by Gasteiger charge is -2.15. The third-order valence-electron chi connectivity index (χ3n) is 4.64. The van der Waals surface area contributed by atoms with Gasteiger partial charge in [-0.25, -0.2) is 0 Å². The summed E-state index contributed by atoms with van der Waals surface area (Å²) in [5.41, 5.74) is 12.4. The summed E-state index contributed by atoms with van der Waals surface area (Å²) in [4.78, 5) is 14.8. The van der Waals surface area contributed by atoms with Gasteiger partial charge in [0.05, 0.1) is 11.1 Å². The van der Waals surface area contributed by atoms with Crippen molar-refractivity contribution in [1.82, 2.24) is 4.98 Å². The fourth-order valence-electron chi connectivity index (χ4n) is 3.06. The molecule has 25 heavy (non-hydrogen) atoms. The highest BCUT2D eigenvalue weighted by atomic mass is 16.1. The first kappa shape index (κ1) is 16.8. The molecule has 4 N–H and O–H groups in total. The Morgan fingerprint density at radius 1 is 1.20 bits per heavy atom. The Morgan fingerprint density at radius 2 is 2.00 bits per heavy atom. The summed E-state index contributed by atoms with van der Waals surface area (Å²) in [6.45, 7) is 9.02. The van der Waals surface area contributed by atoms with E-state index < -0.39 is 5.91 Å². The third kappa shape index (κ3) is 3.15. The van der Waals surface area contributed by atoms with Crippen molar-refractivity contribution in [3.8, 4) is 11.1 Å². The molecule has 128 valence electrons. The second kappa shape index (κ2) is 6.85. The van der Waals surface area contributed by atoms with E-state index in [1.165, 1.54) is 11.1 Å². The number of carbonyl (C=O) groups excluding carboxylic acids is 1. The van der Waals surface area contributed by atoms with Gasteiger partial charge in [-0.1, -0.05) is 37.3 Å². The number of nitrogens with one attached hydrogen (secondary N) is 2. The zero-order valence-electron chi connectivity index (χ0n) is 14.6. The molecule has 0 spiro atoms. The molecule has 0 saturated carbocycles. The molecule has 1 heterocycles. The standard InChI is InChI=1S/C21H23N3O/c1-4-13(2)12-24-19-7-5-6-15(14(19)3)16-8-9-18(21(22)25)20-17(16)10-11-23-20/h5-11,23-24H,2,4,12H2,1,3H3,(H2,22,25). The quantitative estimate of drug-likeness (QED) is 0.576. The number of anilines is 1. The highest BCUT2D eigenvalue weighted by Crippen LogP contribution is 2.34. The molecule has 2 aromatic carbocycles. The van der Waals surface area contributed by atoms with Gasteiger partial charge in [-0.3, -0.25) is 4.79 Å². The molecule has 1 amide bonds. The fourth-order valence-corrected chi connectivity index (χ4v) is 3.06. The van der Waals surface area contributed by atoms with Crippen LogP contribution in [0, 0.1) is 6.92 Å². The normalized spacial score (nSPS) is 10.8. The van der Waals surface area contributed by atoms with Crippen molar-refractivity contribution in [2.75, 3.05) is 11.9 Å². The minimum absolute atomic E-state index is 0.427. The van der Waals surface area contributed by atoms with Crippen molar-refractivity contribution in [3.63, 3.8) is 0 Å². The number of H-pyrrole nitrogens is 1. The number of carbonyl (C=O) groups is 1. The number of hydrogen-bond acceptors (Lipinski definition) is 2. The summed E-state index contributed by atoms with van der Waals surface area (Å²) in [6, 6.07) is 12.0. The molecule has 0 radical (unpaired) electrons. The van der Waals surface area contributed by atoms with E-state index in [4.69, 9.17) is 5.73 Å². The maximum Gasteiger partial charge on any atom is 0.250 e. The van der Waals surface area contributed by atoms with Crippen LogP contribution in [-0.2, 0) is 0 Å². The van der Waals surface area contributed by atoms with Crippen LogP contribution in [0.25, 0.3) is 22.0 Å². The molecular weight excluding hydrogens is 310 g/mol. The topological polar surface area (TPSA) is 70.9 Å². The summed E-state index contributed by atoms with van der Waals surface area (Å²) < 4.78 is 0. The molecule has 0 bridgehead atoms. The van der Waals surface area contributed by atoms with E-state index in [9.17, 15) is 4.79 Å². The lowest BCUT2D eigenvalue weighted by molar-refractivity contribution is 0.100. The second-order valence-electron chi connectivity index (χ2n) is 6.23. The molecular formula is C21H23N3O. The first-order valence-electron chi connectivity index (χ1n) is 8.43. The summed E-state index contributed by atoms with van der Waals surface area (Å²) in [5.74, 6) is -0.427. The molecule has 0 atom stereocenters. The van der Waals surface area contributed by atoms with Crippen molar-refractivity contribution in [1.29, 1.82) is 0 Å². The van der Waals surface area contributed by atoms with E-state index in [1.54, 1.807) is 6.07 Å². The van der Waals surface area contributed by atoms with Crippen LogP contribution in [0.3, 0.4) is 0 Å². The average Bonchev–Trinajstić information content (AvgIpc) is 3.09. The first-order chi connectivity index (χ1) is 12.0. The Labute approximate surface area is 147 Å². The van der Waals surface area contributed by atoms with Crippen LogP contribution < -0.4 is 11.1 Å². The molecule has 0 fully saturated rings. The van der Waals surface area contributed by atoms with Gasteiger partial charge in [0.2, 0.25) is 0 Å². The predicted octanol–water partition coefficient (Wildman–Crippen LogP) is 4.62.